The van der Waals surface area contributed by atoms with Gasteiger partial charge in [0.1, 0.15) is 0 Å². The van der Waals surface area contributed by atoms with E-state index in [4.69, 9.17) is 0 Å². The van der Waals surface area contributed by atoms with E-state index in [1.807, 2.05) is 19.9 Å². The van der Waals surface area contributed by atoms with Gasteiger partial charge in [-0.05, 0) is 19.9 Å². The van der Waals surface area contributed by atoms with E-state index in [2.05, 4.69) is 0 Å². The maximum Gasteiger partial charge on any atom is 0.177 e. The Kier molecular flexibility index (Phi) is 3.63. The number of carbonyl (C=O) groups is 1. The molecule has 4 nitrogen and oxygen atoms in total. The van der Waals surface area contributed by atoms with Crippen molar-refractivity contribution in [1.29, 1.82) is 0 Å². The van der Waals surface area contributed by atoms with E-state index in [1.54, 1.807) is 16.2 Å². The summed E-state index contributed by atoms with van der Waals surface area (Å²) in [7, 11) is 0. The minimum atomic E-state index is -0.729. The predicted octanol–water partition coefficient (Wildman–Crippen LogP) is 0.585. The lowest BCUT2D eigenvalue weighted by molar-refractivity contribution is 0.0572. The summed E-state index contributed by atoms with van der Waals surface area (Å²) in [5.74, 6) is 0.0631. The van der Waals surface area contributed by atoms with Crippen molar-refractivity contribution in [2.75, 3.05) is 19.6 Å². The largest absolute Gasteiger partial charge is 0.389 e. The quantitative estimate of drug-likeness (QED) is 0.776. The lowest BCUT2D eigenvalue weighted by atomic mass is 10.1. The fraction of sp³-hybridized carbons (Fsp3) is 0.583. The second-order valence-electron chi connectivity index (χ2n) is 4.58. The molecule has 0 spiro atoms. The van der Waals surface area contributed by atoms with E-state index in [0.29, 0.717) is 13.1 Å². The molecule has 1 saturated heterocycles. The summed E-state index contributed by atoms with van der Waals surface area (Å²) in [6.45, 7) is 4.94. The number of aliphatic hydroxyl groups excluding tert-OH is 2. The highest BCUT2D eigenvalue weighted by Gasteiger charge is 2.30. The van der Waals surface area contributed by atoms with E-state index >= 15 is 0 Å². The zero-order valence-electron chi connectivity index (χ0n) is 10.0. The van der Waals surface area contributed by atoms with Crippen molar-refractivity contribution in [2.24, 2.45) is 0 Å². The minimum absolute atomic E-state index is 0.0631. The van der Waals surface area contributed by atoms with Gasteiger partial charge in [0, 0.05) is 28.4 Å². The summed E-state index contributed by atoms with van der Waals surface area (Å²) in [6, 6.07) is 1.91. The van der Waals surface area contributed by atoms with Crippen molar-refractivity contribution >= 4 is 17.1 Å². The van der Waals surface area contributed by atoms with Gasteiger partial charge in [-0.3, -0.25) is 9.69 Å². The number of nitrogens with zero attached hydrogens (tertiary/aromatic N) is 1. The van der Waals surface area contributed by atoms with E-state index in [9.17, 15) is 15.0 Å². The van der Waals surface area contributed by atoms with Gasteiger partial charge in [-0.25, -0.2) is 0 Å². The van der Waals surface area contributed by atoms with E-state index in [1.165, 1.54) is 0 Å². The predicted molar refractivity (Wildman–Crippen MR) is 66.6 cm³/mol. The van der Waals surface area contributed by atoms with Gasteiger partial charge in [-0.15, -0.1) is 11.3 Å². The molecule has 2 N–H and O–H groups in total. The van der Waals surface area contributed by atoms with Crippen LogP contribution >= 0.6 is 11.3 Å². The van der Waals surface area contributed by atoms with Crippen molar-refractivity contribution < 1.29 is 15.0 Å². The number of ketones is 1. The molecule has 2 atom stereocenters. The van der Waals surface area contributed by atoms with E-state index in [-0.39, 0.29) is 12.3 Å². The van der Waals surface area contributed by atoms with E-state index in [0.717, 1.165) is 15.3 Å². The molecular weight excluding hydrogens is 238 g/mol. The van der Waals surface area contributed by atoms with Gasteiger partial charge in [-0.2, -0.15) is 0 Å². The van der Waals surface area contributed by atoms with Crippen molar-refractivity contribution in [1.82, 2.24) is 4.90 Å². The molecule has 2 unspecified atom stereocenters. The smallest absolute Gasteiger partial charge is 0.177 e. The van der Waals surface area contributed by atoms with Crippen LogP contribution in [0.3, 0.4) is 0 Å². The topological polar surface area (TPSA) is 60.8 Å². The molecule has 0 bridgehead atoms. The Bertz CT molecular complexity index is 419. The highest BCUT2D eigenvalue weighted by molar-refractivity contribution is 7.12. The zero-order chi connectivity index (χ0) is 12.6. The molecule has 0 amide bonds. The molecule has 2 heterocycles. The van der Waals surface area contributed by atoms with Crippen LogP contribution in [0, 0.1) is 13.8 Å². The summed E-state index contributed by atoms with van der Waals surface area (Å²) >= 11 is 1.62. The Morgan fingerprint density at radius 3 is 2.47 bits per heavy atom. The first kappa shape index (κ1) is 12.7. The third kappa shape index (κ3) is 2.74. The zero-order valence-corrected chi connectivity index (χ0v) is 10.8. The molecule has 1 aromatic rings. The van der Waals surface area contributed by atoms with Crippen LogP contribution in [0.5, 0.6) is 0 Å². The van der Waals surface area contributed by atoms with Gasteiger partial charge in [0.2, 0.25) is 0 Å². The van der Waals surface area contributed by atoms with Crippen LogP contribution in [-0.2, 0) is 0 Å². The molecule has 2 rings (SSSR count). The Labute approximate surface area is 104 Å². The number of hydrogen-bond donors (Lipinski definition) is 2. The monoisotopic (exact) mass is 255 g/mol. The fourth-order valence-electron chi connectivity index (χ4n) is 2.17. The number of aliphatic hydroxyl groups is 2. The lowest BCUT2D eigenvalue weighted by Gasteiger charge is -2.13. The summed E-state index contributed by atoms with van der Waals surface area (Å²) < 4.78 is 0. The molecule has 1 aliphatic rings. The molecule has 0 aliphatic carbocycles. The molecule has 0 aromatic carbocycles. The summed E-state index contributed by atoms with van der Waals surface area (Å²) in [5.41, 5.74) is 0.767. The molecule has 1 fully saturated rings. The summed E-state index contributed by atoms with van der Waals surface area (Å²) in [4.78, 5) is 16.0. The first-order chi connectivity index (χ1) is 7.97. The van der Waals surface area contributed by atoms with Gasteiger partial charge >= 0.3 is 0 Å². The third-order valence-corrected chi connectivity index (χ3v) is 4.01. The van der Waals surface area contributed by atoms with Crippen LogP contribution in [0.1, 0.15) is 20.1 Å². The van der Waals surface area contributed by atoms with Crippen molar-refractivity contribution in [3.8, 4) is 0 Å². The van der Waals surface area contributed by atoms with Crippen molar-refractivity contribution in [2.45, 2.75) is 26.1 Å². The average molecular weight is 255 g/mol. The number of likely N-dealkylation sites (tertiary alicyclic amines) is 1. The first-order valence-corrected chi connectivity index (χ1v) is 6.47. The molecule has 0 saturated carbocycles. The van der Waals surface area contributed by atoms with Crippen molar-refractivity contribution in [3.05, 3.63) is 21.4 Å². The Hall–Kier alpha value is -0.750. The number of aryl methyl sites for hydroxylation is 2. The Morgan fingerprint density at radius 1 is 1.41 bits per heavy atom. The fourth-order valence-corrected chi connectivity index (χ4v) is 3.11. The second-order valence-corrected chi connectivity index (χ2v) is 6.04. The number of hydrogen-bond acceptors (Lipinski definition) is 5. The molecule has 5 heteroatoms. The van der Waals surface area contributed by atoms with Gasteiger partial charge in [0.05, 0.1) is 18.8 Å². The summed E-state index contributed by atoms with van der Waals surface area (Å²) in [5, 5.41) is 18.8. The molecule has 17 heavy (non-hydrogen) atoms. The first-order valence-electron chi connectivity index (χ1n) is 5.66. The maximum atomic E-state index is 12.0. The number of Topliss-reactive ketones (excluding diaryl/α,β-unsaturated/α-hetero) is 1. The molecule has 94 valence electrons. The molecule has 1 aromatic heterocycles. The molecule has 1 aliphatic heterocycles. The van der Waals surface area contributed by atoms with Crippen LogP contribution in [0.4, 0.5) is 0 Å². The maximum absolute atomic E-state index is 12.0. The van der Waals surface area contributed by atoms with Crippen LogP contribution < -0.4 is 0 Å². The standard InChI is InChI=1S/C12H17NO3S/c1-7-3-9(8(2)17-7)10(14)4-13-5-11(15)12(16)6-13/h3,11-12,15-16H,4-6H2,1-2H3. The lowest BCUT2D eigenvalue weighted by Crippen LogP contribution is -2.29. The number of thiophene rings is 1. The van der Waals surface area contributed by atoms with Crippen LogP contribution in [0.2, 0.25) is 0 Å². The van der Waals surface area contributed by atoms with Crippen LogP contribution in [0.25, 0.3) is 0 Å². The number of β-amino-alcohol motifs (C(OH)–C–C–N with tert-alkyl or cyclic N) is 2. The minimum Gasteiger partial charge on any atom is -0.389 e. The molecular formula is C12H17NO3S. The van der Waals surface area contributed by atoms with Gasteiger partial charge in [-0.1, -0.05) is 0 Å². The Balaban J connectivity index is 2.01. The highest BCUT2D eigenvalue weighted by atomic mass is 32.1. The van der Waals surface area contributed by atoms with Crippen LogP contribution in [0.15, 0.2) is 6.07 Å². The normalized spacial score (nSPS) is 25.4. The second kappa shape index (κ2) is 4.86. The SMILES string of the molecule is Cc1cc(C(=O)CN2CC(O)C(O)C2)c(C)s1. The molecule has 0 radical (unpaired) electrons. The van der Waals surface area contributed by atoms with Crippen molar-refractivity contribution in [3.63, 3.8) is 0 Å². The van der Waals surface area contributed by atoms with Gasteiger partial charge in [0.25, 0.3) is 0 Å². The summed E-state index contributed by atoms with van der Waals surface area (Å²) in [6.07, 6.45) is -1.46. The van der Waals surface area contributed by atoms with Gasteiger partial charge in [0.15, 0.2) is 5.78 Å². The number of rotatable bonds is 3. The van der Waals surface area contributed by atoms with Crippen LogP contribution in [-0.4, -0.2) is 52.7 Å². The Morgan fingerprint density at radius 2 is 2.00 bits per heavy atom. The highest BCUT2D eigenvalue weighted by Crippen LogP contribution is 2.21. The third-order valence-electron chi connectivity index (χ3n) is 3.04. The average Bonchev–Trinajstić information content (AvgIpc) is 2.71. The number of carbonyl (C=O) groups excluding carboxylic acids is 1. The van der Waals surface area contributed by atoms with Gasteiger partial charge < -0.3 is 10.2 Å². The van der Waals surface area contributed by atoms with E-state index < -0.39 is 12.2 Å².